The first-order valence-electron chi connectivity index (χ1n) is 16.0. The Labute approximate surface area is 271 Å². The molecule has 0 fully saturated rings. The fourth-order valence-corrected chi connectivity index (χ4v) is 6.01. The van der Waals surface area contributed by atoms with Gasteiger partial charge in [0, 0.05) is 37.3 Å². The molecular weight excluding hydrogens is 574 g/mol. The fraction of sp³-hybridized carbons (Fsp3) is 0.282. The summed E-state index contributed by atoms with van der Waals surface area (Å²) >= 11 is 0. The number of carbonyl (C=O) groups excluding carboxylic acids is 1. The number of aryl methyl sites for hydroxylation is 1. The third-order valence-corrected chi connectivity index (χ3v) is 8.41. The number of unbranched alkanes of at least 4 members (excludes halogenated alkanes) is 1. The van der Waals surface area contributed by atoms with Gasteiger partial charge in [0.25, 0.3) is 0 Å². The molecule has 0 unspecified atom stereocenters. The molecule has 7 heteroatoms. The summed E-state index contributed by atoms with van der Waals surface area (Å²) in [6, 6.07) is 32.9. The number of nitrogens with zero attached hydrogens (tertiary/aromatic N) is 3. The zero-order chi connectivity index (χ0) is 31.9. The topological polar surface area (TPSA) is 65.8 Å². The first-order chi connectivity index (χ1) is 22.5. The van der Waals surface area contributed by atoms with E-state index in [-0.39, 0.29) is 5.97 Å². The lowest BCUT2D eigenvalue weighted by Crippen LogP contribution is -2.25. The maximum absolute atomic E-state index is 12.1. The van der Waals surface area contributed by atoms with Gasteiger partial charge in [-0.15, -0.1) is 0 Å². The Balaban J connectivity index is 1.44. The number of hydrogen-bond donors (Lipinski definition) is 0. The third-order valence-electron chi connectivity index (χ3n) is 8.41. The van der Waals surface area contributed by atoms with Gasteiger partial charge in [-0.3, -0.25) is 4.90 Å². The summed E-state index contributed by atoms with van der Waals surface area (Å²) in [5.74, 6) is 2.23. The largest absolute Gasteiger partial charge is 0.486 e. The van der Waals surface area contributed by atoms with Crippen LogP contribution in [0.5, 0.6) is 11.5 Å². The van der Waals surface area contributed by atoms with Crippen LogP contribution in [0.25, 0.3) is 22.6 Å². The maximum atomic E-state index is 12.1. The first kappa shape index (κ1) is 31.1. The van der Waals surface area contributed by atoms with Crippen molar-refractivity contribution in [2.45, 2.75) is 52.9 Å². The van der Waals surface area contributed by atoms with Gasteiger partial charge in [-0.05, 0) is 54.3 Å². The van der Waals surface area contributed by atoms with E-state index >= 15 is 0 Å². The molecule has 5 aromatic rings. The molecule has 4 aromatic carbocycles. The molecule has 7 nitrogen and oxygen atoms in total. The minimum atomic E-state index is -0.337. The number of rotatable bonds is 12. The molecule has 0 N–H and O–H groups in total. The predicted octanol–water partition coefficient (Wildman–Crippen LogP) is 8.09. The first-order valence-corrected chi connectivity index (χ1v) is 16.0. The van der Waals surface area contributed by atoms with Gasteiger partial charge in [-0.25, -0.2) is 9.78 Å². The fourth-order valence-electron chi connectivity index (χ4n) is 6.01. The Bertz CT molecular complexity index is 1780. The Hall–Kier alpha value is -4.88. The summed E-state index contributed by atoms with van der Waals surface area (Å²) in [5, 5.41) is 0. The van der Waals surface area contributed by atoms with Crippen molar-refractivity contribution in [3.05, 3.63) is 125 Å². The average molecular weight is 616 g/mol. The van der Waals surface area contributed by atoms with Crippen molar-refractivity contribution < 1.29 is 19.0 Å². The molecule has 0 saturated carbocycles. The van der Waals surface area contributed by atoms with E-state index < -0.39 is 0 Å². The number of esters is 1. The lowest BCUT2D eigenvalue weighted by molar-refractivity contribution is 0.0600. The molecule has 0 spiro atoms. The van der Waals surface area contributed by atoms with Crippen molar-refractivity contribution in [3.8, 4) is 34.1 Å². The quantitative estimate of drug-likeness (QED) is 0.132. The highest BCUT2D eigenvalue weighted by Crippen LogP contribution is 2.34. The third kappa shape index (κ3) is 7.00. The van der Waals surface area contributed by atoms with E-state index in [2.05, 4.69) is 84.0 Å². The maximum Gasteiger partial charge on any atom is 0.337 e. The minimum absolute atomic E-state index is 0.337. The van der Waals surface area contributed by atoms with Gasteiger partial charge in [0.2, 0.25) is 0 Å². The van der Waals surface area contributed by atoms with Crippen LogP contribution in [-0.2, 0) is 30.9 Å². The van der Waals surface area contributed by atoms with E-state index in [0.717, 1.165) is 64.7 Å². The smallest absolute Gasteiger partial charge is 0.337 e. The number of methoxy groups -OCH3 is 1. The molecule has 46 heavy (non-hydrogen) atoms. The lowest BCUT2D eigenvalue weighted by atomic mass is 10.1. The molecule has 1 aromatic heterocycles. The van der Waals surface area contributed by atoms with E-state index in [0.29, 0.717) is 38.4 Å². The van der Waals surface area contributed by atoms with Crippen LogP contribution in [0.4, 0.5) is 0 Å². The number of ether oxygens (including phenoxy) is 3. The Morgan fingerprint density at radius 1 is 0.848 bits per heavy atom. The molecule has 0 amide bonds. The SMILES string of the molecule is CCCCn1c(-c2ccccc2C)nc(-c2ccccc2)c1CN(Cc1ccc(C(=O)OC)cc1)Cc1ccc2c(c1)OCCO2. The summed E-state index contributed by atoms with van der Waals surface area (Å²) in [7, 11) is 1.41. The van der Waals surface area contributed by atoms with Crippen LogP contribution in [0.2, 0.25) is 0 Å². The highest BCUT2D eigenvalue weighted by Gasteiger charge is 2.23. The standard InChI is InChI=1S/C39H41N3O4/c1-4-5-21-42-34(37(31-12-7-6-8-13-31)40-38(42)33-14-10-9-11-28(33)2)27-41(25-29-15-18-32(19-16-29)39(43)44-3)26-30-17-20-35-36(24-30)46-23-22-45-35/h6-20,24H,4-5,21-23,25-27H2,1-3H3. The van der Waals surface area contributed by atoms with Gasteiger partial charge in [0.05, 0.1) is 24.1 Å². The highest BCUT2D eigenvalue weighted by atomic mass is 16.6. The van der Waals surface area contributed by atoms with Crippen molar-refractivity contribution in [1.82, 2.24) is 14.5 Å². The molecule has 236 valence electrons. The summed E-state index contributed by atoms with van der Waals surface area (Å²) < 4.78 is 19.1. The van der Waals surface area contributed by atoms with Crippen LogP contribution in [0.3, 0.4) is 0 Å². The molecule has 0 aliphatic carbocycles. The lowest BCUT2D eigenvalue weighted by Gasteiger charge is -2.26. The van der Waals surface area contributed by atoms with Crippen LogP contribution in [-0.4, -0.2) is 40.7 Å². The summed E-state index contributed by atoms with van der Waals surface area (Å²) in [6.07, 6.45) is 2.13. The minimum Gasteiger partial charge on any atom is -0.486 e. The molecule has 1 aliphatic heterocycles. The van der Waals surface area contributed by atoms with E-state index in [1.807, 2.05) is 36.4 Å². The van der Waals surface area contributed by atoms with E-state index in [1.54, 1.807) is 0 Å². The summed E-state index contributed by atoms with van der Waals surface area (Å²) in [4.78, 5) is 19.9. The van der Waals surface area contributed by atoms with Crippen molar-refractivity contribution in [2.75, 3.05) is 20.3 Å². The predicted molar refractivity (Wildman–Crippen MR) is 181 cm³/mol. The molecule has 0 atom stereocenters. The molecule has 0 radical (unpaired) electrons. The molecule has 0 saturated heterocycles. The van der Waals surface area contributed by atoms with Gasteiger partial charge >= 0.3 is 5.97 Å². The Morgan fingerprint density at radius 3 is 2.28 bits per heavy atom. The molecule has 6 rings (SSSR count). The second kappa shape index (κ2) is 14.5. The molecule has 0 bridgehead atoms. The number of carbonyl (C=O) groups is 1. The van der Waals surface area contributed by atoms with Gasteiger partial charge in [0.1, 0.15) is 19.0 Å². The molecule has 1 aliphatic rings. The number of hydrogen-bond acceptors (Lipinski definition) is 6. The monoisotopic (exact) mass is 615 g/mol. The van der Waals surface area contributed by atoms with Crippen molar-refractivity contribution in [1.29, 1.82) is 0 Å². The Kier molecular flexibility index (Phi) is 9.79. The van der Waals surface area contributed by atoms with Gasteiger partial charge in [-0.2, -0.15) is 0 Å². The van der Waals surface area contributed by atoms with Crippen molar-refractivity contribution in [3.63, 3.8) is 0 Å². The molecule has 2 heterocycles. The van der Waals surface area contributed by atoms with Crippen LogP contribution in [0, 0.1) is 6.92 Å². The van der Waals surface area contributed by atoms with Gasteiger partial charge < -0.3 is 18.8 Å². The summed E-state index contributed by atoms with van der Waals surface area (Å²) in [5.41, 5.74) is 8.42. The average Bonchev–Trinajstić information content (AvgIpc) is 3.45. The van der Waals surface area contributed by atoms with Crippen LogP contribution >= 0.6 is 0 Å². The summed E-state index contributed by atoms with van der Waals surface area (Å²) in [6.45, 7) is 8.39. The van der Waals surface area contributed by atoms with Crippen LogP contribution in [0.1, 0.15) is 52.5 Å². The Morgan fingerprint density at radius 2 is 1.54 bits per heavy atom. The second-order valence-electron chi connectivity index (χ2n) is 11.7. The van der Waals surface area contributed by atoms with Crippen molar-refractivity contribution in [2.24, 2.45) is 0 Å². The number of imidazole rings is 1. The van der Waals surface area contributed by atoms with E-state index in [1.165, 1.54) is 18.4 Å². The zero-order valence-electron chi connectivity index (χ0n) is 26.9. The van der Waals surface area contributed by atoms with Crippen LogP contribution < -0.4 is 9.47 Å². The van der Waals surface area contributed by atoms with E-state index in [9.17, 15) is 4.79 Å². The highest BCUT2D eigenvalue weighted by molar-refractivity contribution is 5.89. The molecular formula is C39H41N3O4. The number of benzene rings is 4. The normalized spacial score (nSPS) is 12.3. The number of aromatic nitrogens is 2. The van der Waals surface area contributed by atoms with Crippen molar-refractivity contribution >= 4 is 5.97 Å². The number of fused-ring (bicyclic) bond motifs is 1. The van der Waals surface area contributed by atoms with Gasteiger partial charge in [-0.1, -0.05) is 86.1 Å². The van der Waals surface area contributed by atoms with Crippen LogP contribution in [0.15, 0.2) is 97.1 Å². The van der Waals surface area contributed by atoms with E-state index in [4.69, 9.17) is 19.2 Å². The van der Waals surface area contributed by atoms with Gasteiger partial charge in [0.15, 0.2) is 11.5 Å². The zero-order valence-corrected chi connectivity index (χ0v) is 26.9. The second-order valence-corrected chi connectivity index (χ2v) is 11.7.